The van der Waals surface area contributed by atoms with Gasteiger partial charge in [0.1, 0.15) is 5.78 Å². The van der Waals surface area contributed by atoms with Crippen LogP contribution in [0.5, 0.6) is 0 Å². The van der Waals surface area contributed by atoms with Crippen LogP contribution in [0.4, 0.5) is 5.69 Å². The molecule has 0 bridgehead atoms. The number of amides is 1. The second-order valence-electron chi connectivity index (χ2n) is 3.84. The van der Waals surface area contributed by atoms with E-state index < -0.39 is 0 Å². The molecule has 0 spiro atoms. The monoisotopic (exact) mass is 267 g/mol. The van der Waals surface area contributed by atoms with Crippen molar-refractivity contribution in [2.45, 2.75) is 33.1 Å². The number of Topliss-reactive ketones (excluding diaryl/α,β-unsaturated/α-hetero) is 1. The number of anilines is 1. The summed E-state index contributed by atoms with van der Waals surface area (Å²) in [7, 11) is 0. The first kappa shape index (κ1) is 14.7. The average molecular weight is 268 g/mol. The molecule has 3 nitrogen and oxygen atoms in total. The van der Waals surface area contributed by atoms with Gasteiger partial charge in [-0.2, -0.15) is 0 Å². The predicted molar refractivity (Wildman–Crippen MR) is 74.0 cm³/mol. The molecule has 0 aromatic heterocycles. The Balaban J connectivity index is 0.000000771. The lowest BCUT2D eigenvalue weighted by Crippen LogP contribution is -2.30. The zero-order valence-electron chi connectivity index (χ0n) is 10.8. The van der Waals surface area contributed by atoms with Crippen molar-refractivity contribution in [3.05, 3.63) is 29.3 Å². The zero-order valence-corrected chi connectivity index (χ0v) is 11.5. The molecule has 1 fully saturated rings. The van der Waals surface area contributed by atoms with E-state index in [4.69, 9.17) is 11.6 Å². The fourth-order valence-corrected chi connectivity index (χ4v) is 2.01. The fraction of sp³-hybridized carbons (Fsp3) is 0.429. The summed E-state index contributed by atoms with van der Waals surface area (Å²) in [6.45, 7) is 4.59. The summed E-state index contributed by atoms with van der Waals surface area (Å²) in [4.78, 5) is 24.7. The Morgan fingerprint density at radius 2 is 1.94 bits per heavy atom. The highest BCUT2D eigenvalue weighted by molar-refractivity contribution is 6.31. The Morgan fingerprint density at radius 3 is 2.61 bits per heavy atom. The minimum absolute atomic E-state index is 0.00646. The molecule has 1 aromatic rings. The van der Waals surface area contributed by atoms with E-state index in [2.05, 4.69) is 0 Å². The van der Waals surface area contributed by atoms with Crippen molar-refractivity contribution in [1.29, 1.82) is 0 Å². The molecule has 0 unspecified atom stereocenters. The average Bonchev–Trinajstić information content (AvgIpc) is 2.52. The van der Waals surface area contributed by atoms with Crippen LogP contribution < -0.4 is 4.90 Å². The van der Waals surface area contributed by atoms with Crippen LogP contribution in [-0.4, -0.2) is 18.2 Å². The minimum Gasteiger partial charge on any atom is -0.312 e. The van der Waals surface area contributed by atoms with E-state index >= 15 is 0 Å². The van der Waals surface area contributed by atoms with Crippen molar-refractivity contribution < 1.29 is 9.59 Å². The van der Waals surface area contributed by atoms with E-state index in [9.17, 15) is 9.59 Å². The maximum absolute atomic E-state index is 11.8. The molecule has 0 radical (unpaired) electrons. The third kappa shape index (κ3) is 3.84. The summed E-state index contributed by atoms with van der Waals surface area (Å²) in [5, 5.41) is 0.598. The molecule has 1 aliphatic rings. The topological polar surface area (TPSA) is 37.4 Å². The van der Waals surface area contributed by atoms with Crippen molar-refractivity contribution in [2.75, 3.05) is 11.4 Å². The molecule has 0 N–H and O–H groups in total. The van der Waals surface area contributed by atoms with Crippen molar-refractivity contribution >= 4 is 29.0 Å². The highest BCUT2D eigenvalue weighted by Crippen LogP contribution is 2.22. The highest BCUT2D eigenvalue weighted by atomic mass is 35.5. The van der Waals surface area contributed by atoms with E-state index in [-0.39, 0.29) is 18.1 Å². The Morgan fingerprint density at radius 1 is 1.22 bits per heavy atom. The van der Waals surface area contributed by atoms with E-state index in [1.807, 2.05) is 19.9 Å². The van der Waals surface area contributed by atoms with Crippen molar-refractivity contribution in [3.8, 4) is 0 Å². The normalized spacial score (nSPS) is 15.8. The van der Waals surface area contributed by atoms with Gasteiger partial charge in [-0.25, -0.2) is 0 Å². The molecule has 0 atom stereocenters. The number of rotatable bonds is 1. The van der Waals surface area contributed by atoms with Crippen LogP contribution in [0.1, 0.15) is 33.1 Å². The van der Waals surface area contributed by atoms with Crippen molar-refractivity contribution in [2.24, 2.45) is 0 Å². The Kier molecular flexibility index (Phi) is 5.86. The maximum atomic E-state index is 11.8. The van der Waals surface area contributed by atoms with Crippen LogP contribution in [0.15, 0.2) is 24.3 Å². The Bertz CT molecular complexity index is 432. The number of halogens is 1. The van der Waals surface area contributed by atoms with E-state index in [0.717, 1.165) is 12.1 Å². The molecule has 1 saturated heterocycles. The quantitative estimate of drug-likeness (QED) is 0.731. The summed E-state index contributed by atoms with van der Waals surface area (Å²) < 4.78 is 0. The Hall–Kier alpha value is -1.35. The first-order valence-electron chi connectivity index (χ1n) is 6.24. The van der Waals surface area contributed by atoms with Gasteiger partial charge in [-0.3, -0.25) is 9.59 Å². The highest BCUT2D eigenvalue weighted by Gasteiger charge is 2.22. The summed E-state index contributed by atoms with van der Waals surface area (Å²) in [6, 6.07) is 7.14. The number of nitrogens with zero attached hydrogens (tertiary/aromatic N) is 1. The largest absolute Gasteiger partial charge is 0.312 e. The number of benzene rings is 1. The van der Waals surface area contributed by atoms with Gasteiger partial charge in [0.2, 0.25) is 5.91 Å². The standard InChI is InChI=1S/C12H12ClNO2.C2H6/c13-9-3-1-4-10(7-9)14-6-2-5-11(15)8-12(14)16;1-2/h1,3-4,7H,2,5-6,8H2;1-2H3. The van der Waals surface area contributed by atoms with Crippen LogP contribution in [0.2, 0.25) is 5.02 Å². The summed E-state index contributed by atoms with van der Waals surface area (Å²) in [5.74, 6) is -0.112. The fourth-order valence-electron chi connectivity index (χ4n) is 1.83. The first-order valence-corrected chi connectivity index (χ1v) is 6.62. The molecule has 2 rings (SSSR count). The van der Waals surface area contributed by atoms with Gasteiger partial charge in [-0.15, -0.1) is 0 Å². The van der Waals surface area contributed by atoms with Gasteiger partial charge in [0.25, 0.3) is 0 Å². The van der Waals surface area contributed by atoms with Gasteiger partial charge >= 0.3 is 0 Å². The summed E-state index contributed by atoms with van der Waals surface area (Å²) in [6.07, 6.45) is 1.21. The molecule has 1 heterocycles. The lowest BCUT2D eigenvalue weighted by molar-refractivity contribution is -0.125. The summed E-state index contributed by atoms with van der Waals surface area (Å²) in [5.41, 5.74) is 0.771. The molecule has 4 heteroatoms. The SMILES string of the molecule is CC.O=C1CCCN(c2cccc(Cl)c2)C(=O)C1. The second-order valence-corrected chi connectivity index (χ2v) is 4.28. The lowest BCUT2D eigenvalue weighted by atomic mass is 10.2. The van der Waals surface area contributed by atoms with E-state index in [1.54, 1.807) is 23.1 Å². The van der Waals surface area contributed by atoms with Crippen LogP contribution in [0.3, 0.4) is 0 Å². The van der Waals surface area contributed by atoms with Crippen LogP contribution in [-0.2, 0) is 9.59 Å². The molecule has 98 valence electrons. The zero-order chi connectivity index (χ0) is 13.5. The number of hydrogen-bond donors (Lipinski definition) is 0. The first-order chi connectivity index (χ1) is 8.66. The van der Waals surface area contributed by atoms with E-state index in [0.29, 0.717) is 18.0 Å². The van der Waals surface area contributed by atoms with Gasteiger partial charge in [-0.1, -0.05) is 31.5 Å². The van der Waals surface area contributed by atoms with Crippen LogP contribution in [0.25, 0.3) is 0 Å². The third-order valence-electron chi connectivity index (χ3n) is 2.61. The van der Waals surface area contributed by atoms with Crippen molar-refractivity contribution in [1.82, 2.24) is 0 Å². The molecule has 0 saturated carbocycles. The minimum atomic E-state index is -0.134. The van der Waals surface area contributed by atoms with Gasteiger partial charge in [0, 0.05) is 23.7 Å². The molecular formula is C14H18ClNO2. The summed E-state index contributed by atoms with van der Waals surface area (Å²) >= 11 is 5.88. The van der Waals surface area contributed by atoms with Crippen LogP contribution >= 0.6 is 11.6 Å². The second kappa shape index (κ2) is 7.17. The lowest BCUT2D eigenvalue weighted by Gasteiger charge is -2.20. The van der Waals surface area contributed by atoms with Crippen molar-refractivity contribution in [3.63, 3.8) is 0 Å². The number of carbonyl (C=O) groups excluding carboxylic acids is 2. The maximum Gasteiger partial charge on any atom is 0.234 e. The predicted octanol–water partition coefficient (Wildman–Crippen LogP) is 3.45. The van der Waals surface area contributed by atoms with E-state index in [1.165, 1.54) is 0 Å². The molecule has 1 aromatic carbocycles. The molecule has 1 aliphatic heterocycles. The molecular weight excluding hydrogens is 250 g/mol. The van der Waals surface area contributed by atoms with Gasteiger partial charge in [0.05, 0.1) is 6.42 Å². The third-order valence-corrected chi connectivity index (χ3v) is 2.84. The van der Waals surface area contributed by atoms with Gasteiger partial charge in [0.15, 0.2) is 0 Å². The Labute approximate surface area is 113 Å². The van der Waals surface area contributed by atoms with Crippen LogP contribution in [0, 0.1) is 0 Å². The molecule has 1 amide bonds. The number of hydrogen-bond acceptors (Lipinski definition) is 2. The molecule has 18 heavy (non-hydrogen) atoms. The number of ketones is 1. The van der Waals surface area contributed by atoms with Gasteiger partial charge < -0.3 is 4.90 Å². The van der Waals surface area contributed by atoms with Gasteiger partial charge in [-0.05, 0) is 24.6 Å². The molecule has 0 aliphatic carbocycles. The number of carbonyl (C=O) groups is 2. The smallest absolute Gasteiger partial charge is 0.234 e.